The van der Waals surface area contributed by atoms with E-state index >= 15 is 0 Å². The fraction of sp³-hybridized carbons (Fsp3) is 0.500. The molecule has 2 rings (SSSR count). The molecule has 2 N–H and O–H groups in total. The Morgan fingerprint density at radius 3 is 2.80 bits per heavy atom. The number of carbonyl (C=O) groups is 1. The summed E-state index contributed by atoms with van der Waals surface area (Å²) in [6.45, 7) is 3.05. The first kappa shape index (κ1) is 14.0. The van der Waals surface area contributed by atoms with E-state index in [0.29, 0.717) is 18.9 Å². The Bertz CT molecular complexity index is 548. The molecule has 108 valence electrons. The van der Waals surface area contributed by atoms with Gasteiger partial charge in [-0.2, -0.15) is 0 Å². The molecular weight excluding hydrogens is 264 g/mol. The molecule has 0 amide bonds. The van der Waals surface area contributed by atoms with Crippen molar-refractivity contribution >= 4 is 23.3 Å². The number of nitrogen functional groups attached to an aromatic ring is 1. The lowest BCUT2D eigenvalue weighted by Crippen LogP contribution is -2.25. The fourth-order valence-electron chi connectivity index (χ4n) is 2.40. The van der Waals surface area contributed by atoms with Gasteiger partial charge in [0.2, 0.25) is 5.82 Å². The van der Waals surface area contributed by atoms with E-state index in [1.165, 1.54) is 13.2 Å². The van der Waals surface area contributed by atoms with E-state index in [-0.39, 0.29) is 29.3 Å². The van der Waals surface area contributed by atoms with Gasteiger partial charge in [-0.25, -0.2) is 4.98 Å². The molecule has 20 heavy (non-hydrogen) atoms. The number of rotatable bonds is 3. The zero-order valence-electron chi connectivity index (χ0n) is 11.3. The number of ether oxygens (including phenoxy) is 1. The maximum absolute atomic E-state index is 11.6. The maximum atomic E-state index is 11.6. The van der Waals surface area contributed by atoms with Crippen LogP contribution in [0.1, 0.15) is 6.92 Å². The summed E-state index contributed by atoms with van der Waals surface area (Å²) >= 11 is 0. The van der Waals surface area contributed by atoms with Gasteiger partial charge >= 0.3 is 11.7 Å². The van der Waals surface area contributed by atoms with Crippen molar-refractivity contribution in [2.45, 2.75) is 6.92 Å². The van der Waals surface area contributed by atoms with E-state index in [1.54, 1.807) is 6.07 Å². The van der Waals surface area contributed by atoms with Gasteiger partial charge in [0.05, 0.1) is 18.0 Å². The second kappa shape index (κ2) is 5.32. The molecule has 1 fully saturated rings. The number of methoxy groups -OCH3 is 1. The highest BCUT2D eigenvalue weighted by atomic mass is 16.6. The number of pyridine rings is 1. The van der Waals surface area contributed by atoms with Crippen molar-refractivity contribution in [3.63, 3.8) is 0 Å². The summed E-state index contributed by atoms with van der Waals surface area (Å²) < 4.78 is 4.76. The minimum absolute atomic E-state index is 0.123. The van der Waals surface area contributed by atoms with Gasteiger partial charge in [-0.15, -0.1) is 0 Å². The van der Waals surface area contributed by atoms with E-state index in [1.807, 2.05) is 11.8 Å². The second-order valence-corrected chi connectivity index (χ2v) is 4.84. The quantitative estimate of drug-likeness (QED) is 0.495. The molecule has 0 bridgehead atoms. The summed E-state index contributed by atoms with van der Waals surface area (Å²) in [5.74, 6) is 0.0572. The highest BCUT2D eigenvalue weighted by Gasteiger charge is 2.36. The van der Waals surface area contributed by atoms with Crippen molar-refractivity contribution in [1.82, 2.24) is 4.98 Å². The SMILES string of the molecule is COC(=O)C1CN(c2ccc([N+](=O)[O-])c(N)n2)CC1C. The number of nitrogens with two attached hydrogens (primary N) is 1. The van der Waals surface area contributed by atoms with Crippen LogP contribution in [0, 0.1) is 22.0 Å². The summed E-state index contributed by atoms with van der Waals surface area (Å²) in [4.78, 5) is 27.7. The van der Waals surface area contributed by atoms with E-state index < -0.39 is 4.92 Å². The number of nitro groups is 1. The van der Waals surface area contributed by atoms with Crippen LogP contribution in [0.4, 0.5) is 17.3 Å². The van der Waals surface area contributed by atoms with Gasteiger partial charge in [0, 0.05) is 19.2 Å². The average molecular weight is 280 g/mol. The minimum Gasteiger partial charge on any atom is -0.469 e. The normalized spacial score (nSPS) is 21.8. The summed E-state index contributed by atoms with van der Waals surface area (Å²) in [5.41, 5.74) is 5.36. The molecule has 8 heteroatoms. The Morgan fingerprint density at radius 2 is 2.25 bits per heavy atom. The van der Waals surface area contributed by atoms with Crippen LogP contribution >= 0.6 is 0 Å². The molecule has 2 heterocycles. The monoisotopic (exact) mass is 280 g/mol. The van der Waals surface area contributed by atoms with Gasteiger partial charge in [0.1, 0.15) is 5.82 Å². The van der Waals surface area contributed by atoms with Crippen LogP contribution in [-0.2, 0) is 9.53 Å². The number of nitrogens with zero attached hydrogens (tertiary/aromatic N) is 3. The molecule has 1 aliphatic heterocycles. The smallest absolute Gasteiger partial charge is 0.311 e. The lowest BCUT2D eigenvalue weighted by molar-refractivity contribution is -0.384. The Hall–Kier alpha value is -2.38. The van der Waals surface area contributed by atoms with E-state index in [0.717, 1.165) is 0 Å². The van der Waals surface area contributed by atoms with E-state index in [9.17, 15) is 14.9 Å². The van der Waals surface area contributed by atoms with Crippen molar-refractivity contribution in [1.29, 1.82) is 0 Å². The molecule has 0 saturated carbocycles. The molecule has 2 unspecified atom stereocenters. The third-order valence-corrected chi connectivity index (χ3v) is 3.52. The van der Waals surface area contributed by atoms with Gasteiger partial charge in [-0.3, -0.25) is 14.9 Å². The van der Waals surface area contributed by atoms with Gasteiger partial charge < -0.3 is 15.4 Å². The number of carbonyl (C=O) groups excluding carboxylic acids is 1. The van der Waals surface area contributed by atoms with Crippen molar-refractivity contribution in [3.05, 3.63) is 22.2 Å². The van der Waals surface area contributed by atoms with Crippen LogP contribution in [0.2, 0.25) is 0 Å². The third-order valence-electron chi connectivity index (χ3n) is 3.52. The molecule has 1 aliphatic rings. The van der Waals surface area contributed by atoms with Crippen LogP contribution < -0.4 is 10.6 Å². The highest BCUT2D eigenvalue weighted by Crippen LogP contribution is 2.30. The summed E-state index contributed by atoms with van der Waals surface area (Å²) in [7, 11) is 1.36. The lowest BCUT2D eigenvalue weighted by atomic mass is 9.99. The van der Waals surface area contributed by atoms with Crippen LogP contribution in [0.3, 0.4) is 0 Å². The first-order valence-corrected chi connectivity index (χ1v) is 6.17. The Kier molecular flexibility index (Phi) is 3.73. The zero-order valence-corrected chi connectivity index (χ0v) is 11.3. The van der Waals surface area contributed by atoms with E-state index in [2.05, 4.69) is 4.98 Å². The van der Waals surface area contributed by atoms with Crippen molar-refractivity contribution in [2.75, 3.05) is 30.8 Å². The molecule has 1 aromatic heterocycles. The molecule has 2 atom stereocenters. The average Bonchev–Trinajstić information content (AvgIpc) is 2.79. The van der Waals surface area contributed by atoms with Crippen molar-refractivity contribution in [3.8, 4) is 0 Å². The zero-order chi connectivity index (χ0) is 14.9. The Morgan fingerprint density at radius 1 is 1.55 bits per heavy atom. The second-order valence-electron chi connectivity index (χ2n) is 4.84. The number of esters is 1. The van der Waals surface area contributed by atoms with Gasteiger partial charge in [-0.05, 0) is 12.0 Å². The van der Waals surface area contributed by atoms with Gasteiger partial charge in [-0.1, -0.05) is 6.92 Å². The predicted molar refractivity (Wildman–Crippen MR) is 72.2 cm³/mol. The summed E-state index contributed by atoms with van der Waals surface area (Å²) in [6, 6.07) is 2.87. The fourth-order valence-corrected chi connectivity index (χ4v) is 2.40. The minimum atomic E-state index is -0.573. The summed E-state index contributed by atoms with van der Waals surface area (Å²) in [5, 5.41) is 10.7. The standard InChI is InChI=1S/C12H16N4O4/c1-7-5-15(6-8(7)12(17)20-2)10-4-3-9(16(18)19)11(13)14-10/h3-4,7-8H,5-6H2,1-2H3,(H2,13,14). The van der Waals surface area contributed by atoms with Crippen LogP contribution in [-0.4, -0.2) is 36.1 Å². The number of aromatic nitrogens is 1. The molecule has 0 radical (unpaired) electrons. The third kappa shape index (κ3) is 2.49. The molecule has 0 aromatic carbocycles. The molecule has 1 aromatic rings. The topological polar surface area (TPSA) is 112 Å². The first-order valence-electron chi connectivity index (χ1n) is 6.17. The number of hydrogen-bond acceptors (Lipinski definition) is 7. The highest BCUT2D eigenvalue weighted by molar-refractivity contribution is 5.74. The van der Waals surface area contributed by atoms with E-state index in [4.69, 9.17) is 10.5 Å². The van der Waals surface area contributed by atoms with Crippen molar-refractivity contribution < 1.29 is 14.5 Å². The van der Waals surface area contributed by atoms with Gasteiger partial charge in [0.25, 0.3) is 0 Å². The number of anilines is 2. The van der Waals surface area contributed by atoms with Crippen LogP contribution in [0.5, 0.6) is 0 Å². The predicted octanol–water partition coefficient (Wildman–Crippen LogP) is 0.817. The largest absolute Gasteiger partial charge is 0.469 e. The number of hydrogen-bond donors (Lipinski definition) is 1. The Balaban J connectivity index is 2.20. The van der Waals surface area contributed by atoms with Gasteiger partial charge in [0.15, 0.2) is 0 Å². The van der Waals surface area contributed by atoms with Crippen LogP contribution in [0.25, 0.3) is 0 Å². The van der Waals surface area contributed by atoms with Crippen molar-refractivity contribution in [2.24, 2.45) is 11.8 Å². The Labute approximate surface area is 115 Å². The molecular formula is C12H16N4O4. The van der Waals surface area contributed by atoms with Crippen LogP contribution in [0.15, 0.2) is 12.1 Å². The first-order chi connectivity index (χ1) is 9.43. The lowest BCUT2D eigenvalue weighted by Gasteiger charge is -2.17. The molecule has 1 saturated heterocycles. The summed E-state index contributed by atoms with van der Waals surface area (Å²) in [6.07, 6.45) is 0. The molecule has 0 spiro atoms. The maximum Gasteiger partial charge on any atom is 0.311 e. The molecule has 0 aliphatic carbocycles. The molecule has 8 nitrogen and oxygen atoms in total.